The maximum absolute atomic E-state index is 12.3. The van der Waals surface area contributed by atoms with Crippen LogP contribution < -0.4 is 15.4 Å². The molecule has 0 bridgehead atoms. The molecule has 0 heterocycles. The van der Waals surface area contributed by atoms with E-state index >= 15 is 0 Å². The molecule has 5 heteroatoms. The minimum absolute atomic E-state index is 0.221. The lowest BCUT2D eigenvalue weighted by Crippen LogP contribution is -2.41. The normalized spacial score (nSPS) is 15.1. The average Bonchev–Trinajstić information content (AvgIpc) is 2.73. The van der Waals surface area contributed by atoms with E-state index in [1.807, 2.05) is 44.2 Å². The van der Waals surface area contributed by atoms with Gasteiger partial charge in [-0.1, -0.05) is 30.3 Å². The number of rotatable bonds is 5. The van der Waals surface area contributed by atoms with Gasteiger partial charge in [-0.2, -0.15) is 0 Å². The van der Waals surface area contributed by atoms with Gasteiger partial charge in [-0.15, -0.1) is 0 Å². The molecule has 0 spiro atoms. The number of amides is 2. The molecule has 0 radical (unpaired) electrons. The van der Waals surface area contributed by atoms with Crippen molar-refractivity contribution in [1.29, 1.82) is 0 Å². The number of hydrogen-bond acceptors (Lipinski definition) is 3. The van der Waals surface area contributed by atoms with Crippen LogP contribution >= 0.6 is 0 Å². The van der Waals surface area contributed by atoms with Crippen LogP contribution in [-0.2, 0) is 22.4 Å². The maximum atomic E-state index is 12.3. The van der Waals surface area contributed by atoms with Crippen molar-refractivity contribution in [2.24, 2.45) is 0 Å². The lowest BCUT2D eigenvalue weighted by Gasteiger charge is -2.20. The molecule has 2 aromatic carbocycles. The molecule has 0 saturated carbocycles. The standard InChI is InChI=1S/C23H28N2O3/c1-15(17-10-12-21(28-3)13-11-17)24-22(26)23(27)25-16(2)19-9-8-18-6-4-5-7-20(18)14-19/h8-16H,4-7H2,1-3H3,(H,24,26)(H,25,27). The van der Waals surface area contributed by atoms with Gasteiger partial charge in [-0.3, -0.25) is 9.59 Å². The fourth-order valence-electron chi connectivity index (χ4n) is 3.61. The first-order chi connectivity index (χ1) is 13.5. The Morgan fingerprint density at radius 2 is 1.36 bits per heavy atom. The summed E-state index contributed by atoms with van der Waals surface area (Å²) < 4.78 is 5.14. The van der Waals surface area contributed by atoms with Crippen LogP contribution in [0.2, 0.25) is 0 Å². The highest BCUT2D eigenvalue weighted by molar-refractivity contribution is 6.35. The van der Waals surface area contributed by atoms with Crippen molar-refractivity contribution in [3.63, 3.8) is 0 Å². The Kier molecular flexibility index (Phi) is 6.34. The zero-order valence-electron chi connectivity index (χ0n) is 16.7. The highest BCUT2D eigenvalue weighted by atomic mass is 16.5. The monoisotopic (exact) mass is 380 g/mol. The summed E-state index contributed by atoms with van der Waals surface area (Å²) in [5.74, 6) is -0.502. The van der Waals surface area contributed by atoms with Gasteiger partial charge < -0.3 is 15.4 Å². The summed E-state index contributed by atoms with van der Waals surface area (Å²) in [6, 6.07) is 13.3. The van der Waals surface area contributed by atoms with Gasteiger partial charge in [-0.05, 0) is 73.9 Å². The van der Waals surface area contributed by atoms with Crippen molar-refractivity contribution >= 4 is 11.8 Å². The molecule has 2 amide bonds. The second-order valence-electron chi connectivity index (χ2n) is 7.40. The molecule has 2 N–H and O–H groups in total. The molecule has 2 unspecified atom stereocenters. The Morgan fingerprint density at radius 1 is 0.821 bits per heavy atom. The molecule has 5 nitrogen and oxygen atoms in total. The molecule has 0 fully saturated rings. The molecule has 2 atom stereocenters. The van der Waals surface area contributed by atoms with Crippen LogP contribution in [0.25, 0.3) is 0 Å². The van der Waals surface area contributed by atoms with E-state index in [1.165, 1.54) is 24.0 Å². The lowest BCUT2D eigenvalue weighted by atomic mass is 9.89. The number of carbonyl (C=O) groups is 2. The van der Waals surface area contributed by atoms with Crippen molar-refractivity contribution in [2.75, 3.05) is 7.11 Å². The van der Waals surface area contributed by atoms with Crippen molar-refractivity contribution in [2.45, 2.75) is 51.6 Å². The third kappa shape index (κ3) is 4.71. The van der Waals surface area contributed by atoms with E-state index < -0.39 is 11.8 Å². The Balaban J connectivity index is 1.57. The highest BCUT2D eigenvalue weighted by Gasteiger charge is 2.20. The van der Waals surface area contributed by atoms with Gasteiger partial charge in [0.25, 0.3) is 0 Å². The fourth-order valence-corrected chi connectivity index (χ4v) is 3.61. The second kappa shape index (κ2) is 8.91. The highest BCUT2D eigenvalue weighted by Crippen LogP contribution is 2.24. The SMILES string of the molecule is COc1ccc(C(C)NC(=O)C(=O)NC(C)c2ccc3c(c2)CCCC3)cc1. The Bertz CT molecular complexity index is 845. The van der Waals surface area contributed by atoms with Crippen LogP contribution in [0.15, 0.2) is 42.5 Å². The topological polar surface area (TPSA) is 67.4 Å². The van der Waals surface area contributed by atoms with Gasteiger partial charge in [0.15, 0.2) is 0 Å². The predicted octanol–water partition coefficient (Wildman–Crippen LogP) is 3.63. The van der Waals surface area contributed by atoms with Gasteiger partial charge in [0.1, 0.15) is 5.75 Å². The third-order valence-corrected chi connectivity index (χ3v) is 5.39. The molecule has 1 aliphatic rings. The molecule has 148 valence electrons. The number of hydrogen-bond donors (Lipinski definition) is 2. The van der Waals surface area contributed by atoms with Crippen LogP contribution in [-0.4, -0.2) is 18.9 Å². The van der Waals surface area contributed by atoms with Gasteiger partial charge in [0.05, 0.1) is 19.2 Å². The van der Waals surface area contributed by atoms with Gasteiger partial charge in [0.2, 0.25) is 0 Å². The summed E-state index contributed by atoms with van der Waals surface area (Å²) in [5.41, 5.74) is 4.71. The Morgan fingerprint density at radius 3 is 1.96 bits per heavy atom. The summed E-state index contributed by atoms with van der Waals surface area (Å²) in [5, 5.41) is 5.56. The van der Waals surface area contributed by atoms with Crippen LogP contribution in [0, 0.1) is 0 Å². The van der Waals surface area contributed by atoms with E-state index in [0.717, 1.165) is 29.7 Å². The molecule has 2 aromatic rings. The van der Waals surface area contributed by atoms with Crippen LogP contribution in [0.1, 0.15) is 61.0 Å². The number of aryl methyl sites for hydroxylation is 2. The van der Waals surface area contributed by atoms with E-state index in [2.05, 4.69) is 22.8 Å². The molecule has 28 heavy (non-hydrogen) atoms. The number of methoxy groups -OCH3 is 1. The van der Waals surface area contributed by atoms with E-state index in [0.29, 0.717) is 0 Å². The minimum atomic E-state index is -0.631. The van der Waals surface area contributed by atoms with E-state index in [-0.39, 0.29) is 12.1 Å². The fraction of sp³-hybridized carbons (Fsp3) is 0.391. The maximum Gasteiger partial charge on any atom is 0.309 e. The van der Waals surface area contributed by atoms with Crippen molar-refractivity contribution < 1.29 is 14.3 Å². The van der Waals surface area contributed by atoms with Crippen LogP contribution in [0.3, 0.4) is 0 Å². The quantitative estimate of drug-likeness (QED) is 0.779. The molecular weight excluding hydrogens is 352 g/mol. The minimum Gasteiger partial charge on any atom is -0.497 e. The first-order valence-electron chi connectivity index (χ1n) is 9.85. The summed E-state index contributed by atoms with van der Waals surface area (Å²) in [7, 11) is 1.61. The summed E-state index contributed by atoms with van der Waals surface area (Å²) >= 11 is 0. The van der Waals surface area contributed by atoms with Gasteiger partial charge in [-0.25, -0.2) is 0 Å². The Hall–Kier alpha value is -2.82. The predicted molar refractivity (Wildman–Crippen MR) is 109 cm³/mol. The van der Waals surface area contributed by atoms with Gasteiger partial charge >= 0.3 is 11.8 Å². The molecule has 0 aromatic heterocycles. The molecule has 3 rings (SSSR count). The third-order valence-electron chi connectivity index (χ3n) is 5.39. The number of ether oxygens (including phenoxy) is 1. The summed E-state index contributed by atoms with van der Waals surface area (Å²) in [6.45, 7) is 3.75. The Labute approximate surface area is 166 Å². The zero-order valence-corrected chi connectivity index (χ0v) is 16.7. The summed E-state index contributed by atoms with van der Waals surface area (Å²) in [6.07, 6.45) is 4.67. The molecule has 0 aliphatic heterocycles. The van der Waals surface area contributed by atoms with Gasteiger partial charge in [0, 0.05) is 0 Å². The van der Waals surface area contributed by atoms with E-state index in [4.69, 9.17) is 4.74 Å². The number of nitrogens with one attached hydrogen (secondary N) is 2. The van der Waals surface area contributed by atoms with Crippen LogP contribution in [0.5, 0.6) is 5.75 Å². The lowest BCUT2D eigenvalue weighted by molar-refractivity contribution is -0.140. The number of carbonyl (C=O) groups excluding carboxylic acids is 2. The smallest absolute Gasteiger partial charge is 0.309 e. The number of benzene rings is 2. The summed E-state index contributed by atoms with van der Waals surface area (Å²) in [4.78, 5) is 24.6. The van der Waals surface area contributed by atoms with Crippen molar-refractivity contribution in [3.05, 3.63) is 64.7 Å². The van der Waals surface area contributed by atoms with E-state index in [1.54, 1.807) is 7.11 Å². The average molecular weight is 380 g/mol. The first kappa shape index (κ1) is 19.9. The molecule has 0 saturated heterocycles. The molecule has 1 aliphatic carbocycles. The largest absolute Gasteiger partial charge is 0.497 e. The molecular formula is C23H28N2O3. The van der Waals surface area contributed by atoms with Crippen molar-refractivity contribution in [1.82, 2.24) is 10.6 Å². The second-order valence-corrected chi connectivity index (χ2v) is 7.40. The van der Waals surface area contributed by atoms with Crippen molar-refractivity contribution in [3.8, 4) is 5.75 Å². The first-order valence-corrected chi connectivity index (χ1v) is 9.85. The zero-order chi connectivity index (χ0) is 20.1. The number of fused-ring (bicyclic) bond motifs is 1. The van der Waals surface area contributed by atoms with E-state index in [9.17, 15) is 9.59 Å². The van der Waals surface area contributed by atoms with Crippen LogP contribution in [0.4, 0.5) is 0 Å².